The first kappa shape index (κ1) is 18.3. The summed E-state index contributed by atoms with van der Waals surface area (Å²) in [6, 6.07) is 27.4. The molecule has 2 N–H and O–H groups in total. The van der Waals surface area contributed by atoms with Crippen LogP contribution in [0.4, 0.5) is 11.4 Å². The Hall–Kier alpha value is -3.26. The Bertz CT molecular complexity index is 1110. The van der Waals surface area contributed by atoms with Gasteiger partial charge in [-0.1, -0.05) is 85.0 Å². The van der Waals surface area contributed by atoms with Crippen molar-refractivity contribution in [1.29, 1.82) is 0 Å². The Labute approximate surface area is 190 Å². The zero-order chi connectivity index (χ0) is 21.1. The second-order valence-electron chi connectivity index (χ2n) is 9.76. The minimum atomic E-state index is 0.366. The number of anilines is 2. The molecule has 2 aliphatic carbocycles. The van der Waals surface area contributed by atoms with Crippen molar-refractivity contribution in [3.05, 3.63) is 119 Å². The van der Waals surface area contributed by atoms with Crippen LogP contribution >= 0.6 is 0 Å². The normalized spacial score (nSPS) is 31.1. The van der Waals surface area contributed by atoms with E-state index in [0.717, 1.165) is 12.8 Å². The van der Waals surface area contributed by atoms with Crippen molar-refractivity contribution < 1.29 is 0 Å². The van der Waals surface area contributed by atoms with Gasteiger partial charge in [0.1, 0.15) is 0 Å². The van der Waals surface area contributed by atoms with Gasteiger partial charge < -0.3 is 10.6 Å². The Morgan fingerprint density at radius 2 is 0.969 bits per heavy atom. The lowest BCUT2D eigenvalue weighted by Crippen LogP contribution is -2.34. The van der Waals surface area contributed by atoms with Crippen LogP contribution in [0.1, 0.15) is 59.0 Å². The van der Waals surface area contributed by atoms with E-state index < -0.39 is 0 Å². The Morgan fingerprint density at radius 3 is 1.41 bits per heavy atom. The topological polar surface area (TPSA) is 24.1 Å². The van der Waals surface area contributed by atoms with E-state index in [1.54, 1.807) is 0 Å². The third kappa shape index (κ3) is 2.65. The van der Waals surface area contributed by atoms with Crippen LogP contribution < -0.4 is 10.6 Å². The molecular weight excluding hydrogens is 388 g/mol. The summed E-state index contributed by atoms with van der Waals surface area (Å²) in [6.45, 7) is 0. The van der Waals surface area contributed by atoms with Crippen LogP contribution in [0, 0.1) is 11.8 Å². The van der Waals surface area contributed by atoms with E-state index >= 15 is 0 Å². The summed E-state index contributed by atoms with van der Waals surface area (Å²) in [5, 5.41) is 7.93. The van der Waals surface area contributed by atoms with Crippen LogP contribution in [0.2, 0.25) is 0 Å². The van der Waals surface area contributed by atoms with E-state index in [1.165, 1.54) is 33.6 Å². The summed E-state index contributed by atoms with van der Waals surface area (Å²) < 4.78 is 0. The first-order valence-corrected chi connectivity index (χ1v) is 12.0. The number of rotatable bonds is 2. The average Bonchev–Trinajstić information content (AvgIpc) is 3.54. The molecule has 0 bridgehead atoms. The molecule has 4 aliphatic rings. The third-order valence-electron chi connectivity index (χ3n) is 8.18. The second-order valence-corrected chi connectivity index (χ2v) is 9.76. The molecule has 0 spiro atoms. The number of benzene rings is 3. The lowest BCUT2D eigenvalue weighted by molar-refractivity contribution is 0.402. The van der Waals surface area contributed by atoms with E-state index in [9.17, 15) is 0 Å². The highest BCUT2D eigenvalue weighted by Gasteiger charge is 2.45. The van der Waals surface area contributed by atoms with E-state index in [-0.39, 0.29) is 0 Å². The molecule has 3 aromatic rings. The molecule has 6 atom stereocenters. The van der Waals surface area contributed by atoms with E-state index in [1.807, 2.05) is 0 Å². The van der Waals surface area contributed by atoms with Crippen LogP contribution in [-0.4, -0.2) is 0 Å². The molecule has 32 heavy (non-hydrogen) atoms. The average molecular weight is 417 g/mol. The Balaban J connectivity index is 1.35. The minimum absolute atomic E-state index is 0.366. The van der Waals surface area contributed by atoms with Crippen molar-refractivity contribution >= 4 is 11.4 Å². The van der Waals surface area contributed by atoms with Crippen LogP contribution in [-0.2, 0) is 0 Å². The van der Waals surface area contributed by atoms with E-state index in [4.69, 9.17) is 0 Å². The van der Waals surface area contributed by atoms with Gasteiger partial charge in [0.05, 0.1) is 12.1 Å². The molecule has 2 heteroatoms. The van der Waals surface area contributed by atoms with Crippen molar-refractivity contribution in [2.24, 2.45) is 11.8 Å². The van der Waals surface area contributed by atoms with Gasteiger partial charge in [-0.05, 0) is 59.1 Å². The van der Waals surface area contributed by atoms with Crippen LogP contribution in [0.3, 0.4) is 0 Å². The first-order valence-electron chi connectivity index (χ1n) is 12.0. The number of fused-ring (bicyclic) bond motifs is 7. The highest BCUT2D eigenvalue weighted by atomic mass is 15.0. The van der Waals surface area contributed by atoms with Crippen molar-refractivity contribution in [2.75, 3.05) is 10.6 Å². The lowest BCUT2D eigenvalue weighted by Gasteiger charge is -2.44. The largest absolute Gasteiger partial charge is 0.378 e. The second kappa shape index (κ2) is 7.13. The molecule has 2 aliphatic heterocycles. The van der Waals surface area contributed by atoms with Crippen molar-refractivity contribution in [1.82, 2.24) is 0 Å². The van der Waals surface area contributed by atoms with Gasteiger partial charge in [-0.2, -0.15) is 0 Å². The predicted molar refractivity (Wildman–Crippen MR) is 132 cm³/mol. The molecule has 158 valence electrons. The van der Waals surface area contributed by atoms with Crippen molar-refractivity contribution in [3.63, 3.8) is 0 Å². The summed E-state index contributed by atoms with van der Waals surface area (Å²) in [5.41, 5.74) is 8.52. The van der Waals surface area contributed by atoms with Crippen LogP contribution in [0.15, 0.2) is 97.1 Å². The molecule has 0 aromatic heterocycles. The fraction of sp³-hybridized carbons (Fsp3) is 0.267. The maximum absolute atomic E-state index is 3.97. The maximum Gasteiger partial charge on any atom is 0.0553 e. The number of hydrogen-bond acceptors (Lipinski definition) is 2. The monoisotopic (exact) mass is 416 g/mol. The SMILES string of the molecule is C1=C[C@@H]2c3c(ccc4c3[C@@H]3C=CC[C@@H]3[C@H](c3ccccc3)N4)N[C@H](c3ccccc3)[C@@H]2C1. The standard InChI is InChI=1S/C30H28N2/c1-3-9-19(10-4-1)29-23-15-7-13-21(23)27-25(31-29)17-18-26-28(27)22-14-8-16-24(22)30(32-26)20-11-5-2-6-12-20/h1-14,17-18,21-24,29-32H,15-16H2/t21-,22+,23+,24-,29+,30-. The molecule has 0 saturated carbocycles. The first-order chi connectivity index (χ1) is 15.9. The molecule has 7 rings (SSSR count). The number of hydrogen-bond donors (Lipinski definition) is 2. The Morgan fingerprint density at radius 1 is 0.531 bits per heavy atom. The predicted octanol–water partition coefficient (Wildman–Crippen LogP) is 7.34. The molecule has 0 fully saturated rings. The zero-order valence-corrected chi connectivity index (χ0v) is 18.1. The van der Waals surface area contributed by atoms with Gasteiger partial charge in [0, 0.05) is 23.2 Å². The summed E-state index contributed by atoms with van der Waals surface area (Å²) in [7, 11) is 0. The molecule has 0 saturated heterocycles. The van der Waals surface area contributed by atoms with Gasteiger partial charge >= 0.3 is 0 Å². The number of nitrogens with one attached hydrogen (secondary N) is 2. The van der Waals surface area contributed by atoms with Gasteiger partial charge in [0.25, 0.3) is 0 Å². The third-order valence-corrected chi connectivity index (χ3v) is 8.18. The van der Waals surface area contributed by atoms with Gasteiger partial charge in [0.15, 0.2) is 0 Å². The van der Waals surface area contributed by atoms with Crippen molar-refractivity contribution in [3.8, 4) is 0 Å². The molecule has 0 amide bonds. The molecular formula is C30H28N2. The van der Waals surface area contributed by atoms with Crippen LogP contribution in [0.5, 0.6) is 0 Å². The molecule has 0 radical (unpaired) electrons. The maximum atomic E-state index is 3.97. The molecule has 2 nitrogen and oxygen atoms in total. The van der Waals surface area contributed by atoms with Gasteiger partial charge in [-0.15, -0.1) is 0 Å². The highest BCUT2D eigenvalue weighted by Crippen LogP contribution is 2.58. The van der Waals surface area contributed by atoms with Crippen LogP contribution in [0.25, 0.3) is 0 Å². The quantitative estimate of drug-likeness (QED) is 0.427. The van der Waals surface area contributed by atoms with Crippen molar-refractivity contribution in [2.45, 2.75) is 36.8 Å². The fourth-order valence-corrected chi connectivity index (χ4v) is 6.79. The van der Waals surface area contributed by atoms with E-state index in [2.05, 4.69) is 108 Å². The van der Waals surface area contributed by atoms with Gasteiger partial charge in [0.2, 0.25) is 0 Å². The summed E-state index contributed by atoms with van der Waals surface area (Å²) in [6.07, 6.45) is 12.1. The zero-order valence-electron chi connectivity index (χ0n) is 18.1. The van der Waals surface area contributed by atoms with E-state index in [0.29, 0.717) is 35.8 Å². The van der Waals surface area contributed by atoms with Gasteiger partial charge in [-0.3, -0.25) is 0 Å². The summed E-state index contributed by atoms with van der Waals surface area (Å²) in [4.78, 5) is 0. The lowest BCUT2D eigenvalue weighted by atomic mass is 9.69. The molecule has 2 heterocycles. The fourth-order valence-electron chi connectivity index (χ4n) is 6.79. The smallest absolute Gasteiger partial charge is 0.0553 e. The minimum Gasteiger partial charge on any atom is -0.378 e. The Kier molecular flexibility index (Phi) is 4.08. The number of allylic oxidation sites excluding steroid dienone is 4. The summed E-state index contributed by atoms with van der Waals surface area (Å²) >= 11 is 0. The molecule has 3 aromatic carbocycles. The molecule has 0 unspecified atom stereocenters. The van der Waals surface area contributed by atoms with Gasteiger partial charge in [-0.25, -0.2) is 0 Å². The summed E-state index contributed by atoms with van der Waals surface area (Å²) in [5.74, 6) is 2.12. The highest BCUT2D eigenvalue weighted by molar-refractivity contribution is 5.73.